The third kappa shape index (κ3) is 4.83. The Morgan fingerprint density at radius 3 is 2.00 bits per heavy atom. The van der Waals surface area contributed by atoms with Gasteiger partial charge in [0.1, 0.15) is 0 Å². The Balaban J connectivity index is 0.000000191. The Morgan fingerprint density at radius 1 is 1.40 bits per heavy atom. The summed E-state index contributed by atoms with van der Waals surface area (Å²) in [6, 6.07) is 1.68. The molecule has 84 valence electrons. The van der Waals surface area contributed by atoms with Gasteiger partial charge in [0, 0.05) is 11.9 Å². The van der Waals surface area contributed by atoms with E-state index in [1.54, 1.807) is 13.0 Å². The monoisotopic (exact) mass is 213 g/mol. The van der Waals surface area contributed by atoms with E-state index in [1.807, 2.05) is 6.92 Å². The lowest BCUT2D eigenvalue weighted by molar-refractivity contribution is -0.138. The maximum Gasteiger partial charge on any atom is 0.303 e. The molecule has 3 heteroatoms. The van der Waals surface area contributed by atoms with Crippen molar-refractivity contribution >= 4 is 5.97 Å². The molecule has 0 bridgehead atoms. The van der Waals surface area contributed by atoms with E-state index < -0.39 is 24.1 Å². The van der Waals surface area contributed by atoms with Crippen molar-refractivity contribution in [1.29, 1.82) is 5.26 Å². The summed E-state index contributed by atoms with van der Waals surface area (Å²) in [6.07, 6.45) is -0.556. The van der Waals surface area contributed by atoms with Crippen molar-refractivity contribution in [2.24, 2.45) is 10.8 Å². The van der Waals surface area contributed by atoms with Crippen molar-refractivity contribution in [3.8, 4) is 6.07 Å². The molecule has 0 amide bonds. The molecule has 2 aliphatic rings. The minimum Gasteiger partial charge on any atom is -0.481 e. The Hall–Kier alpha value is -1.04. The molecule has 0 unspecified atom stereocenters. The number of carboxylic acid groups (broad SMARTS) is 1. The van der Waals surface area contributed by atoms with Crippen molar-refractivity contribution in [1.82, 2.24) is 0 Å². The Labute approximate surface area is 96.7 Å². The van der Waals surface area contributed by atoms with Crippen LogP contribution < -0.4 is 0 Å². The van der Waals surface area contributed by atoms with Crippen LogP contribution in [0.4, 0.5) is 0 Å². The van der Waals surface area contributed by atoms with Gasteiger partial charge in [0.05, 0.1) is 12.4 Å². The number of hydrogen-bond donors (Lipinski definition) is 1. The Kier molecular flexibility index (Phi) is 2.04. The average molecular weight is 213 g/mol. The number of nitriles is 1. The van der Waals surface area contributed by atoms with Crippen LogP contribution in [0.25, 0.3) is 0 Å². The number of carbonyl (C=O) groups is 1. The average Bonchev–Trinajstić information content (AvgIpc) is 3.19. The van der Waals surface area contributed by atoms with Crippen LogP contribution in [0.3, 0.4) is 0 Å². The van der Waals surface area contributed by atoms with E-state index in [0.29, 0.717) is 12.8 Å². The molecule has 0 aliphatic heterocycles. The summed E-state index contributed by atoms with van der Waals surface area (Å²) in [5, 5.41) is 16.8. The van der Waals surface area contributed by atoms with Gasteiger partial charge in [-0.1, -0.05) is 13.8 Å². The Morgan fingerprint density at radius 2 is 1.87 bits per heavy atom. The minimum atomic E-state index is -2.03. The van der Waals surface area contributed by atoms with Gasteiger partial charge in [-0.2, -0.15) is 5.26 Å². The quantitative estimate of drug-likeness (QED) is 0.784. The van der Waals surface area contributed by atoms with Gasteiger partial charge in [-0.3, -0.25) is 4.79 Å². The van der Waals surface area contributed by atoms with E-state index in [-0.39, 0.29) is 5.41 Å². The fraction of sp³-hybridized carbons (Fsp3) is 0.833. The molecule has 2 saturated carbocycles. The number of rotatable bonds is 3. The molecule has 0 spiro atoms. The van der Waals surface area contributed by atoms with Crippen LogP contribution in [0.1, 0.15) is 57.8 Å². The molecule has 0 radical (unpaired) electrons. The highest BCUT2D eigenvalue weighted by Gasteiger charge is 2.39. The molecule has 2 fully saturated rings. The molecule has 0 aromatic carbocycles. The molecule has 3 nitrogen and oxygen atoms in total. The second-order valence-electron chi connectivity index (χ2n) is 4.79. The fourth-order valence-electron chi connectivity index (χ4n) is 1.02. The molecule has 0 atom stereocenters. The Bertz CT molecular complexity index is 420. The zero-order chi connectivity index (χ0) is 15.1. The summed E-state index contributed by atoms with van der Waals surface area (Å²) in [6.45, 7) is 3.48. The highest BCUT2D eigenvalue weighted by Crippen LogP contribution is 2.48. The maximum absolute atomic E-state index is 10.3. The zero-order valence-electron chi connectivity index (χ0n) is 13.1. The second-order valence-corrected chi connectivity index (χ2v) is 4.79. The number of hydrogen-bond acceptors (Lipinski definition) is 2. The number of nitrogens with zero attached hydrogens (tertiary/aromatic N) is 1. The molecule has 15 heavy (non-hydrogen) atoms. The highest BCUT2D eigenvalue weighted by molar-refractivity contribution is 5.68. The van der Waals surface area contributed by atoms with Crippen molar-refractivity contribution < 1.29 is 15.4 Å². The van der Waals surface area contributed by atoms with Crippen LogP contribution in [-0.2, 0) is 4.79 Å². The number of aliphatic carboxylic acids is 1. The van der Waals surface area contributed by atoms with Crippen molar-refractivity contribution in [3.63, 3.8) is 0 Å². The first kappa shape index (κ1) is 7.27. The van der Waals surface area contributed by atoms with Crippen LogP contribution in [0, 0.1) is 22.2 Å². The van der Waals surface area contributed by atoms with Crippen LogP contribution >= 0.6 is 0 Å². The van der Waals surface area contributed by atoms with Crippen LogP contribution in [0.2, 0.25) is 0 Å². The van der Waals surface area contributed by atoms with Gasteiger partial charge in [-0.15, -0.1) is 0 Å². The third-order valence-corrected chi connectivity index (χ3v) is 2.77. The maximum atomic E-state index is 10.3. The predicted octanol–water partition coefficient (Wildman–Crippen LogP) is 2.96. The van der Waals surface area contributed by atoms with Crippen LogP contribution in [0.15, 0.2) is 0 Å². The third-order valence-electron chi connectivity index (χ3n) is 2.77. The van der Waals surface area contributed by atoms with Crippen molar-refractivity contribution in [2.75, 3.05) is 0 Å². The molecule has 0 aromatic rings. The summed E-state index contributed by atoms with van der Waals surface area (Å²) in [7, 11) is 0. The first-order valence-electron chi connectivity index (χ1n) is 7.07. The summed E-state index contributed by atoms with van der Waals surface area (Å²) in [5.74, 6) is -1.34. The predicted molar refractivity (Wildman–Crippen MR) is 57.2 cm³/mol. The van der Waals surface area contributed by atoms with Crippen molar-refractivity contribution in [3.05, 3.63) is 0 Å². The molecule has 1 N–H and O–H groups in total. The molecule has 0 heterocycles. The summed E-state index contributed by atoms with van der Waals surface area (Å²) < 4.78 is 28.7. The summed E-state index contributed by atoms with van der Waals surface area (Å²) >= 11 is 0. The molecular formula is C12H19NO2. The largest absolute Gasteiger partial charge is 0.481 e. The normalized spacial score (nSPS) is 28.9. The topological polar surface area (TPSA) is 61.1 Å². The SMILES string of the molecule is [2H]C([2H])(C#N)C1(C)CC1.[2H]C([2H])(C(=O)O)C1(C)CC1. The highest BCUT2D eigenvalue weighted by atomic mass is 16.4. The molecular weight excluding hydrogens is 190 g/mol. The zero-order valence-corrected chi connectivity index (χ0v) is 9.13. The lowest BCUT2D eigenvalue weighted by Gasteiger charge is -1.99. The first-order valence-corrected chi connectivity index (χ1v) is 5.07. The van der Waals surface area contributed by atoms with Crippen LogP contribution in [0.5, 0.6) is 0 Å². The van der Waals surface area contributed by atoms with E-state index in [0.717, 1.165) is 12.8 Å². The minimum absolute atomic E-state index is 0.332. The van der Waals surface area contributed by atoms with E-state index in [9.17, 15) is 4.79 Å². The van der Waals surface area contributed by atoms with E-state index in [2.05, 4.69) is 0 Å². The standard InChI is InChI=1S/C6H9N.C6H10O2/c1-6(2-3-6)4-5-7;1-6(2-3-6)4-5(7)8/h2-4H2,1H3;2-4H2,1H3,(H,7,8)/i2*4D2. The molecule has 0 saturated heterocycles. The smallest absolute Gasteiger partial charge is 0.303 e. The van der Waals surface area contributed by atoms with E-state index >= 15 is 0 Å². The first-order chi connectivity index (χ1) is 8.42. The van der Waals surface area contributed by atoms with Gasteiger partial charge in [0.2, 0.25) is 0 Å². The van der Waals surface area contributed by atoms with E-state index in [1.165, 1.54) is 0 Å². The summed E-state index contributed by atoms with van der Waals surface area (Å²) in [4.78, 5) is 10.3. The van der Waals surface area contributed by atoms with Gasteiger partial charge >= 0.3 is 5.97 Å². The molecule has 2 rings (SSSR count). The van der Waals surface area contributed by atoms with E-state index in [4.69, 9.17) is 15.9 Å². The van der Waals surface area contributed by atoms with Gasteiger partial charge in [0.15, 0.2) is 0 Å². The van der Waals surface area contributed by atoms with Crippen LogP contribution in [-0.4, -0.2) is 11.1 Å². The van der Waals surface area contributed by atoms with Gasteiger partial charge in [-0.25, -0.2) is 0 Å². The lowest BCUT2D eigenvalue weighted by Crippen LogP contribution is -2.03. The molecule has 0 aromatic heterocycles. The van der Waals surface area contributed by atoms with Gasteiger partial charge in [0.25, 0.3) is 0 Å². The van der Waals surface area contributed by atoms with Gasteiger partial charge < -0.3 is 5.11 Å². The number of carboxylic acids is 1. The second kappa shape index (κ2) is 4.22. The summed E-state index contributed by atoms with van der Waals surface area (Å²) in [5.41, 5.74) is -0.930. The van der Waals surface area contributed by atoms with Gasteiger partial charge in [-0.05, 0) is 36.5 Å². The molecule has 2 aliphatic carbocycles. The fourth-order valence-corrected chi connectivity index (χ4v) is 1.02. The van der Waals surface area contributed by atoms with Crippen molar-refractivity contribution in [2.45, 2.75) is 52.3 Å². The lowest BCUT2D eigenvalue weighted by atomic mass is 10.1.